The van der Waals surface area contributed by atoms with E-state index >= 15 is 0 Å². The van der Waals surface area contributed by atoms with Gasteiger partial charge in [0.1, 0.15) is 0 Å². The predicted octanol–water partition coefficient (Wildman–Crippen LogP) is -1.01. The minimum absolute atomic E-state index is 0. The standard InChI is InChI=1S/Au.H2O3S/c;1-4(2)3/h;(H2,1,2,3)/p-2. The first-order chi connectivity index (χ1) is 1.73. The summed E-state index contributed by atoms with van der Waals surface area (Å²) >= 11 is -3.11. The van der Waals surface area contributed by atoms with Crippen LogP contribution in [0.5, 0.6) is 0 Å². The van der Waals surface area contributed by atoms with Crippen molar-refractivity contribution in [1.29, 1.82) is 0 Å². The van der Waals surface area contributed by atoms with Crippen LogP contribution in [-0.4, -0.2) is 13.3 Å². The molecule has 0 fully saturated rings. The van der Waals surface area contributed by atoms with E-state index in [1.807, 2.05) is 0 Å². The van der Waals surface area contributed by atoms with E-state index in [1.54, 1.807) is 0 Å². The SMILES string of the molecule is O=S([O-])[O-].[Au]. The molecule has 37 valence electrons. The third kappa shape index (κ3) is 57.9. The monoisotopic (exact) mass is 277 g/mol. The predicted molar refractivity (Wildman–Crippen MR) is 9.70 cm³/mol. The Labute approximate surface area is 47.4 Å². The molecule has 5 heteroatoms. The third-order valence-corrected chi connectivity index (χ3v) is 0. The van der Waals surface area contributed by atoms with Gasteiger partial charge < -0.3 is 9.11 Å². The van der Waals surface area contributed by atoms with Crippen LogP contribution in [0.15, 0.2) is 0 Å². The second-order valence-corrected chi connectivity index (χ2v) is 0.612. The molecular weight excluding hydrogens is 277 g/mol. The molecule has 0 aliphatic rings. The first-order valence-electron chi connectivity index (χ1n) is 0.500. The van der Waals surface area contributed by atoms with Gasteiger partial charge in [0.15, 0.2) is 0 Å². The maximum absolute atomic E-state index is 8.44. The Kier molecular flexibility index (Phi) is 8.91. The molecule has 0 N–H and O–H groups in total. The molecule has 3 nitrogen and oxygen atoms in total. The van der Waals surface area contributed by atoms with Crippen LogP contribution in [-0.2, 0) is 33.7 Å². The molecule has 0 aromatic heterocycles. The number of rotatable bonds is 0. The fraction of sp³-hybridized carbons (Fsp3) is 0. The van der Waals surface area contributed by atoms with E-state index < -0.39 is 11.4 Å². The van der Waals surface area contributed by atoms with Gasteiger partial charge in [-0.1, -0.05) is 0 Å². The van der Waals surface area contributed by atoms with E-state index in [0.29, 0.717) is 0 Å². The summed E-state index contributed by atoms with van der Waals surface area (Å²) in [5.41, 5.74) is 0. The largest absolute Gasteiger partial charge is 0.784 e. The van der Waals surface area contributed by atoms with Crippen molar-refractivity contribution in [3.8, 4) is 0 Å². The molecular formula is AuO3S-2. The van der Waals surface area contributed by atoms with E-state index in [1.165, 1.54) is 0 Å². The molecule has 5 heavy (non-hydrogen) atoms. The van der Waals surface area contributed by atoms with Crippen LogP contribution in [0.25, 0.3) is 0 Å². The average Bonchev–Trinajstić information content (AvgIpc) is 0.811. The maximum Gasteiger partial charge on any atom is 0 e. The molecule has 0 amide bonds. The molecule has 0 unspecified atom stereocenters. The molecule has 0 spiro atoms. The Morgan fingerprint density at radius 3 is 1.40 bits per heavy atom. The Balaban J connectivity index is 0. The quantitative estimate of drug-likeness (QED) is 0.421. The van der Waals surface area contributed by atoms with Crippen LogP contribution < -0.4 is 0 Å². The zero-order valence-corrected chi connectivity index (χ0v) is 4.92. The molecule has 0 aromatic carbocycles. The van der Waals surface area contributed by atoms with Crippen molar-refractivity contribution in [2.75, 3.05) is 0 Å². The van der Waals surface area contributed by atoms with Gasteiger partial charge >= 0.3 is 0 Å². The summed E-state index contributed by atoms with van der Waals surface area (Å²) in [6, 6.07) is 0. The Morgan fingerprint density at radius 2 is 1.40 bits per heavy atom. The summed E-state index contributed by atoms with van der Waals surface area (Å²) in [4.78, 5) is 0. The van der Waals surface area contributed by atoms with Gasteiger partial charge in [-0.2, -0.15) is 0 Å². The molecule has 0 rings (SSSR count). The zero-order chi connectivity index (χ0) is 3.58. The van der Waals surface area contributed by atoms with Crippen LogP contribution in [0.4, 0.5) is 0 Å². The van der Waals surface area contributed by atoms with Gasteiger partial charge in [-0.25, -0.2) is 0 Å². The summed E-state index contributed by atoms with van der Waals surface area (Å²) in [5.74, 6) is 0. The van der Waals surface area contributed by atoms with Crippen LogP contribution in [0.3, 0.4) is 0 Å². The van der Waals surface area contributed by atoms with Crippen molar-refractivity contribution in [1.82, 2.24) is 0 Å². The van der Waals surface area contributed by atoms with E-state index in [9.17, 15) is 0 Å². The van der Waals surface area contributed by atoms with Gasteiger partial charge in [0, 0.05) is 22.4 Å². The minimum atomic E-state index is -3.11. The molecule has 0 saturated carbocycles. The Morgan fingerprint density at radius 1 is 1.40 bits per heavy atom. The molecule has 0 saturated heterocycles. The van der Waals surface area contributed by atoms with Crippen molar-refractivity contribution in [3.05, 3.63) is 0 Å². The molecule has 0 bridgehead atoms. The van der Waals surface area contributed by atoms with Gasteiger partial charge in [0.2, 0.25) is 0 Å². The fourth-order valence-electron chi connectivity index (χ4n) is 0. The first kappa shape index (κ1) is 9.26. The molecule has 0 aliphatic heterocycles. The van der Waals surface area contributed by atoms with Crippen molar-refractivity contribution < 1.29 is 35.7 Å². The van der Waals surface area contributed by atoms with Gasteiger partial charge in [-0.05, 0) is 0 Å². The maximum atomic E-state index is 8.44. The van der Waals surface area contributed by atoms with Crippen molar-refractivity contribution in [2.24, 2.45) is 0 Å². The van der Waals surface area contributed by atoms with Gasteiger partial charge in [-0.15, -0.1) is 11.4 Å². The number of hydrogen-bond acceptors (Lipinski definition) is 3. The third-order valence-electron chi connectivity index (χ3n) is 0. The van der Waals surface area contributed by atoms with E-state index in [-0.39, 0.29) is 22.4 Å². The number of hydrogen-bond donors (Lipinski definition) is 0. The van der Waals surface area contributed by atoms with E-state index in [0.717, 1.165) is 0 Å². The van der Waals surface area contributed by atoms with Crippen LogP contribution >= 0.6 is 0 Å². The summed E-state index contributed by atoms with van der Waals surface area (Å²) < 4.78 is 25.3. The second kappa shape index (κ2) is 4.81. The van der Waals surface area contributed by atoms with Crippen molar-refractivity contribution in [3.63, 3.8) is 0 Å². The van der Waals surface area contributed by atoms with Gasteiger partial charge in [-0.3, -0.25) is 4.21 Å². The summed E-state index contributed by atoms with van der Waals surface area (Å²) in [6.07, 6.45) is 0. The smallest absolute Gasteiger partial charge is 0 e. The second-order valence-electron chi connectivity index (χ2n) is 0.204. The molecule has 0 aromatic rings. The van der Waals surface area contributed by atoms with E-state index in [4.69, 9.17) is 13.3 Å². The summed E-state index contributed by atoms with van der Waals surface area (Å²) in [5, 5.41) is 0. The van der Waals surface area contributed by atoms with Gasteiger partial charge in [0.25, 0.3) is 0 Å². The van der Waals surface area contributed by atoms with Crippen molar-refractivity contribution >= 4 is 11.4 Å². The van der Waals surface area contributed by atoms with E-state index in [2.05, 4.69) is 0 Å². The molecule has 0 atom stereocenters. The van der Waals surface area contributed by atoms with Crippen LogP contribution in [0.2, 0.25) is 0 Å². The zero-order valence-electron chi connectivity index (χ0n) is 1.93. The minimum Gasteiger partial charge on any atom is -0.784 e. The van der Waals surface area contributed by atoms with Crippen LogP contribution in [0, 0.1) is 0 Å². The van der Waals surface area contributed by atoms with Crippen molar-refractivity contribution in [2.45, 2.75) is 0 Å². The molecule has 1 radical (unpaired) electrons. The average molecular weight is 277 g/mol. The normalized spacial score (nSPS) is 7.00. The Bertz CT molecular complexity index is 29.9. The fourth-order valence-corrected chi connectivity index (χ4v) is 0. The summed E-state index contributed by atoms with van der Waals surface area (Å²) in [7, 11) is 0. The summed E-state index contributed by atoms with van der Waals surface area (Å²) in [6.45, 7) is 0. The topological polar surface area (TPSA) is 63.2 Å². The van der Waals surface area contributed by atoms with Gasteiger partial charge in [0.05, 0.1) is 0 Å². The van der Waals surface area contributed by atoms with Crippen LogP contribution in [0.1, 0.15) is 0 Å². The first-order valence-corrected chi connectivity index (χ1v) is 1.50. The molecule has 0 aliphatic carbocycles. The molecule has 0 heterocycles. The Hall–Kier alpha value is 0.810.